The summed E-state index contributed by atoms with van der Waals surface area (Å²) in [6, 6.07) is 10.5. The molecule has 7 nitrogen and oxygen atoms in total. The molecule has 1 aromatic carbocycles. The Hall–Kier alpha value is -2.52. The van der Waals surface area contributed by atoms with E-state index in [4.69, 9.17) is 10.4 Å². The van der Waals surface area contributed by atoms with Gasteiger partial charge in [0.05, 0.1) is 11.7 Å². The summed E-state index contributed by atoms with van der Waals surface area (Å²) in [5.74, 6) is 0.862. The van der Waals surface area contributed by atoms with Gasteiger partial charge in [-0.1, -0.05) is 11.8 Å². The first-order valence-electron chi connectivity index (χ1n) is 7.96. The Morgan fingerprint density at radius 3 is 2.58 bits per heavy atom. The van der Waals surface area contributed by atoms with Crippen molar-refractivity contribution in [2.24, 2.45) is 0 Å². The molecule has 3 aromatic heterocycles. The zero-order chi connectivity index (χ0) is 18.1. The zero-order valence-corrected chi connectivity index (χ0v) is 15.8. The second kappa shape index (κ2) is 7.00. The van der Waals surface area contributed by atoms with Crippen molar-refractivity contribution >= 4 is 40.4 Å². The number of imidazole rings is 1. The van der Waals surface area contributed by atoms with Gasteiger partial charge in [-0.2, -0.15) is 0 Å². The normalized spacial score (nSPS) is 11.3. The number of rotatable bonds is 5. The largest absolute Gasteiger partial charge is 0.379 e. The monoisotopic (exact) mass is 384 g/mol. The fraction of sp³-hybridized carbons (Fsp3) is 0.176. The van der Waals surface area contributed by atoms with Crippen LogP contribution in [0.3, 0.4) is 0 Å². The fourth-order valence-corrected chi connectivity index (χ4v) is 3.88. The van der Waals surface area contributed by atoms with E-state index in [1.165, 1.54) is 4.90 Å². The highest BCUT2D eigenvalue weighted by Crippen LogP contribution is 2.32. The van der Waals surface area contributed by atoms with Crippen LogP contribution in [0, 0.1) is 0 Å². The number of nitrogens with zero attached hydrogens (tertiary/aromatic N) is 5. The highest BCUT2D eigenvalue weighted by atomic mass is 32.2. The number of nitrogens with two attached hydrogens (primary N) is 1. The molecule has 26 heavy (non-hydrogen) atoms. The van der Waals surface area contributed by atoms with Gasteiger partial charge in [-0.15, -0.1) is 11.8 Å². The van der Waals surface area contributed by atoms with Crippen molar-refractivity contribution in [2.45, 2.75) is 28.3 Å². The summed E-state index contributed by atoms with van der Waals surface area (Å²) in [5.41, 5.74) is 8.04. The minimum Gasteiger partial charge on any atom is -0.379 e. The maximum absolute atomic E-state index is 5.83. The van der Waals surface area contributed by atoms with Crippen LogP contribution in [0.15, 0.2) is 56.0 Å². The van der Waals surface area contributed by atoms with Crippen LogP contribution in [-0.4, -0.2) is 31.1 Å². The lowest BCUT2D eigenvalue weighted by molar-refractivity contribution is 0.310. The van der Waals surface area contributed by atoms with Gasteiger partial charge >= 0.3 is 0 Å². The molecule has 0 saturated carbocycles. The van der Waals surface area contributed by atoms with Crippen molar-refractivity contribution < 1.29 is 4.63 Å². The fourth-order valence-electron chi connectivity index (χ4n) is 2.68. The molecule has 0 amide bonds. The third-order valence-electron chi connectivity index (χ3n) is 3.93. The van der Waals surface area contributed by atoms with Crippen molar-refractivity contribution in [1.82, 2.24) is 24.8 Å². The summed E-state index contributed by atoms with van der Waals surface area (Å²) >= 11 is 3.35. The summed E-state index contributed by atoms with van der Waals surface area (Å²) in [5, 5.41) is 8.42. The molecular formula is C17H16N6OS2. The molecule has 0 radical (unpaired) electrons. The van der Waals surface area contributed by atoms with Crippen LogP contribution in [-0.2, 0) is 6.54 Å². The first kappa shape index (κ1) is 16.9. The average molecular weight is 384 g/mol. The lowest BCUT2D eigenvalue weighted by atomic mass is 10.4. The molecular weight excluding hydrogens is 368 g/mol. The predicted octanol–water partition coefficient (Wildman–Crippen LogP) is 3.96. The summed E-state index contributed by atoms with van der Waals surface area (Å²) < 4.78 is 6.75. The Balaban J connectivity index is 1.73. The lowest BCUT2D eigenvalue weighted by Crippen LogP contribution is -2.00. The van der Waals surface area contributed by atoms with E-state index >= 15 is 0 Å². The Labute approximate surface area is 158 Å². The highest BCUT2D eigenvalue weighted by molar-refractivity contribution is 7.99. The number of aromatic nitrogens is 5. The number of thioether (sulfide) groups is 1. The number of hydrogen-bond donors (Lipinski definition) is 1. The van der Waals surface area contributed by atoms with Crippen LogP contribution in [0.2, 0.25) is 0 Å². The molecule has 2 N–H and O–H groups in total. The van der Waals surface area contributed by atoms with Crippen LogP contribution in [0.25, 0.3) is 22.6 Å². The van der Waals surface area contributed by atoms with Crippen molar-refractivity contribution in [3.63, 3.8) is 0 Å². The van der Waals surface area contributed by atoms with Gasteiger partial charge in [-0.05, 0) is 53.8 Å². The molecule has 0 fully saturated rings. The first-order chi connectivity index (χ1) is 12.7. The van der Waals surface area contributed by atoms with E-state index in [-0.39, 0.29) is 5.82 Å². The molecule has 4 aromatic rings. The first-order valence-corrected chi connectivity index (χ1v) is 10.00. The molecule has 0 saturated heterocycles. The van der Waals surface area contributed by atoms with Gasteiger partial charge in [0.15, 0.2) is 17.3 Å². The number of fused-ring (bicyclic) bond motifs is 1. The SMILES string of the molecule is CCn1c(-c2nonc2N)nc2cnc(Sc3ccc(SC)cc3)cc21. The lowest BCUT2D eigenvalue weighted by Gasteiger charge is -2.05. The van der Waals surface area contributed by atoms with Crippen LogP contribution in [0.1, 0.15) is 6.92 Å². The van der Waals surface area contributed by atoms with Crippen LogP contribution >= 0.6 is 23.5 Å². The molecule has 132 valence electrons. The molecule has 4 rings (SSSR count). The number of hydrogen-bond acceptors (Lipinski definition) is 8. The number of benzene rings is 1. The van der Waals surface area contributed by atoms with E-state index in [0.717, 1.165) is 21.0 Å². The van der Waals surface area contributed by atoms with E-state index in [0.29, 0.717) is 18.1 Å². The molecule has 0 aliphatic rings. The van der Waals surface area contributed by atoms with Crippen LogP contribution in [0.5, 0.6) is 0 Å². The molecule has 3 heterocycles. The van der Waals surface area contributed by atoms with Crippen LogP contribution in [0.4, 0.5) is 5.82 Å². The summed E-state index contributed by atoms with van der Waals surface area (Å²) in [6.45, 7) is 2.76. The van der Waals surface area contributed by atoms with Crippen molar-refractivity contribution in [1.29, 1.82) is 0 Å². The molecule has 9 heteroatoms. The van der Waals surface area contributed by atoms with Gasteiger partial charge < -0.3 is 10.3 Å². The minimum absolute atomic E-state index is 0.228. The van der Waals surface area contributed by atoms with Gasteiger partial charge in [0.25, 0.3) is 0 Å². The second-order valence-corrected chi connectivity index (χ2v) is 7.44. The number of nitrogen functional groups attached to an aromatic ring is 1. The smallest absolute Gasteiger partial charge is 0.199 e. The predicted molar refractivity (Wildman–Crippen MR) is 103 cm³/mol. The standard InChI is InChI=1S/C17H16N6OS2/c1-3-23-13-8-14(26-11-6-4-10(25-2)5-7-11)19-9-12(13)20-17(23)15-16(18)22-24-21-15/h4-9H,3H2,1-2H3,(H2,18,22). The van der Waals surface area contributed by atoms with Gasteiger partial charge in [0, 0.05) is 16.3 Å². The quantitative estimate of drug-likeness (QED) is 0.517. The Morgan fingerprint density at radius 2 is 1.92 bits per heavy atom. The van der Waals surface area contributed by atoms with Gasteiger partial charge in [-0.3, -0.25) is 0 Å². The Morgan fingerprint density at radius 1 is 1.15 bits per heavy atom. The maximum Gasteiger partial charge on any atom is 0.199 e. The molecule has 0 bridgehead atoms. The maximum atomic E-state index is 5.83. The summed E-state index contributed by atoms with van der Waals surface area (Å²) in [7, 11) is 0. The van der Waals surface area contributed by atoms with E-state index < -0.39 is 0 Å². The van der Waals surface area contributed by atoms with Crippen molar-refractivity contribution in [3.05, 3.63) is 36.5 Å². The van der Waals surface area contributed by atoms with Gasteiger partial charge in [-0.25, -0.2) is 14.6 Å². The molecule has 0 atom stereocenters. The van der Waals surface area contributed by atoms with E-state index in [9.17, 15) is 0 Å². The summed E-state index contributed by atoms with van der Waals surface area (Å²) in [6.07, 6.45) is 3.84. The Kier molecular flexibility index (Phi) is 4.56. The molecule has 0 spiro atoms. The Bertz CT molecular complexity index is 1060. The van der Waals surface area contributed by atoms with Crippen molar-refractivity contribution in [3.8, 4) is 11.5 Å². The third kappa shape index (κ3) is 3.04. The zero-order valence-electron chi connectivity index (χ0n) is 14.2. The topological polar surface area (TPSA) is 95.7 Å². The van der Waals surface area contributed by atoms with Crippen molar-refractivity contribution in [2.75, 3.05) is 12.0 Å². The molecule has 0 aliphatic heterocycles. The van der Waals surface area contributed by atoms with E-state index in [1.807, 2.05) is 17.6 Å². The minimum atomic E-state index is 0.228. The highest BCUT2D eigenvalue weighted by Gasteiger charge is 2.19. The third-order valence-corrected chi connectivity index (χ3v) is 5.62. The molecule has 0 aliphatic carbocycles. The van der Waals surface area contributed by atoms with Gasteiger partial charge in [0.2, 0.25) is 0 Å². The van der Waals surface area contributed by atoms with E-state index in [2.05, 4.69) is 50.8 Å². The van der Waals surface area contributed by atoms with E-state index in [1.54, 1.807) is 29.7 Å². The second-order valence-electron chi connectivity index (χ2n) is 5.47. The molecule has 0 unspecified atom stereocenters. The summed E-state index contributed by atoms with van der Waals surface area (Å²) in [4.78, 5) is 11.5. The average Bonchev–Trinajstić information content (AvgIpc) is 3.24. The number of aryl methyl sites for hydroxylation is 1. The van der Waals surface area contributed by atoms with Gasteiger partial charge in [0.1, 0.15) is 10.5 Å². The van der Waals surface area contributed by atoms with Crippen LogP contribution < -0.4 is 5.73 Å². The number of pyridine rings is 1. The number of anilines is 1.